The summed E-state index contributed by atoms with van der Waals surface area (Å²) in [6.07, 6.45) is 1.33. The Morgan fingerprint density at radius 3 is 2.33 bits per heavy atom. The Morgan fingerprint density at radius 1 is 1.44 bits per heavy atom. The maximum atomic E-state index is 8.61. The van der Waals surface area contributed by atoms with Gasteiger partial charge in [0, 0.05) is 12.1 Å². The van der Waals surface area contributed by atoms with E-state index in [4.69, 9.17) is 15.9 Å². The molecule has 0 aliphatic heterocycles. The van der Waals surface area contributed by atoms with Crippen molar-refractivity contribution < 1.29 is 10.2 Å². The fraction of sp³-hybridized carbons (Fsp3) is 1.00. The minimum absolute atomic E-state index is 0.0208. The Hall–Kier alpha value is -0.120. The number of hydrogen-bond donors (Lipinski definition) is 3. The first-order valence-electron chi connectivity index (χ1n) is 3.13. The fourth-order valence-electron chi connectivity index (χ4n) is 0.562. The monoisotopic (exact) mass is 133 g/mol. The largest absolute Gasteiger partial charge is 0.396 e. The van der Waals surface area contributed by atoms with Crippen molar-refractivity contribution in [1.29, 1.82) is 0 Å². The van der Waals surface area contributed by atoms with E-state index in [1.165, 1.54) is 0 Å². The van der Waals surface area contributed by atoms with E-state index in [0.29, 0.717) is 12.8 Å². The van der Waals surface area contributed by atoms with Gasteiger partial charge >= 0.3 is 0 Å². The lowest BCUT2D eigenvalue weighted by Crippen LogP contribution is -2.40. The SMILES string of the molecule is CC(N)(CO)CCCO. The third kappa shape index (κ3) is 4.39. The summed E-state index contributed by atoms with van der Waals surface area (Å²) in [6.45, 7) is 1.89. The van der Waals surface area contributed by atoms with Crippen LogP contribution in [0.2, 0.25) is 0 Å². The quantitative estimate of drug-likeness (QED) is 0.483. The minimum atomic E-state index is -0.511. The van der Waals surface area contributed by atoms with Crippen LogP contribution in [0, 0.1) is 0 Å². The highest BCUT2D eigenvalue weighted by Crippen LogP contribution is 2.05. The first-order chi connectivity index (χ1) is 4.12. The van der Waals surface area contributed by atoms with Gasteiger partial charge in [-0.05, 0) is 19.8 Å². The molecule has 1 unspecified atom stereocenters. The maximum Gasteiger partial charge on any atom is 0.0608 e. The second-order valence-corrected chi connectivity index (χ2v) is 2.64. The molecule has 0 aromatic carbocycles. The average Bonchev–Trinajstić information content (AvgIpc) is 1.84. The minimum Gasteiger partial charge on any atom is -0.396 e. The standard InChI is InChI=1S/C6H15NO2/c1-6(7,5-9)3-2-4-8/h8-9H,2-5,7H2,1H3. The predicted molar refractivity (Wildman–Crippen MR) is 36.0 cm³/mol. The van der Waals surface area contributed by atoms with Crippen LogP contribution in [0.5, 0.6) is 0 Å². The van der Waals surface area contributed by atoms with E-state index in [9.17, 15) is 0 Å². The predicted octanol–water partition coefficient (Wildman–Crippen LogP) is -0.531. The zero-order chi connectivity index (χ0) is 7.33. The number of hydrogen-bond acceptors (Lipinski definition) is 3. The molecule has 0 aliphatic rings. The molecule has 0 spiro atoms. The van der Waals surface area contributed by atoms with Crippen molar-refractivity contribution in [2.45, 2.75) is 25.3 Å². The summed E-state index contributed by atoms with van der Waals surface area (Å²) in [5.74, 6) is 0. The Bertz CT molecular complexity index is 73.5. The molecule has 0 amide bonds. The van der Waals surface area contributed by atoms with Crippen LogP contribution in [0.3, 0.4) is 0 Å². The third-order valence-electron chi connectivity index (χ3n) is 1.27. The van der Waals surface area contributed by atoms with Gasteiger partial charge in [-0.2, -0.15) is 0 Å². The Balaban J connectivity index is 3.33. The topological polar surface area (TPSA) is 66.5 Å². The van der Waals surface area contributed by atoms with E-state index >= 15 is 0 Å². The first-order valence-corrected chi connectivity index (χ1v) is 3.13. The van der Waals surface area contributed by atoms with E-state index in [-0.39, 0.29) is 13.2 Å². The van der Waals surface area contributed by atoms with Crippen molar-refractivity contribution >= 4 is 0 Å². The summed E-state index contributed by atoms with van der Waals surface area (Å²) in [7, 11) is 0. The Kier molecular flexibility index (Phi) is 3.77. The van der Waals surface area contributed by atoms with Crippen LogP contribution in [-0.4, -0.2) is 29.0 Å². The highest BCUT2D eigenvalue weighted by Gasteiger charge is 2.15. The number of nitrogens with two attached hydrogens (primary N) is 1. The van der Waals surface area contributed by atoms with Crippen molar-refractivity contribution in [3.8, 4) is 0 Å². The van der Waals surface area contributed by atoms with Gasteiger partial charge in [-0.1, -0.05) is 0 Å². The van der Waals surface area contributed by atoms with Crippen LogP contribution in [0.15, 0.2) is 0 Å². The Morgan fingerprint density at radius 2 is 2.00 bits per heavy atom. The van der Waals surface area contributed by atoms with Crippen LogP contribution in [-0.2, 0) is 0 Å². The van der Waals surface area contributed by atoms with Gasteiger partial charge in [0.2, 0.25) is 0 Å². The zero-order valence-corrected chi connectivity index (χ0v) is 5.80. The molecule has 0 saturated carbocycles. The molecule has 0 aromatic heterocycles. The molecule has 0 aliphatic carbocycles. The van der Waals surface area contributed by atoms with Crippen molar-refractivity contribution in [3.05, 3.63) is 0 Å². The summed E-state index contributed by atoms with van der Waals surface area (Å²) in [5.41, 5.74) is 5.03. The van der Waals surface area contributed by atoms with Crippen LogP contribution in [0.4, 0.5) is 0 Å². The van der Waals surface area contributed by atoms with Crippen LogP contribution >= 0.6 is 0 Å². The molecular weight excluding hydrogens is 118 g/mol. The smallest absolute Gasteiger partial charge is 0.0608 e. The molecule has 0 fully saturated rings. The average molecular weight is 133 g/mol. The first kappa shape index (κ1) is 8.88. The molecule has 3 heteroatoms. The van der Waals surface area contributed by atoms with E-state index in [2.05, 4.69) is 0 Å². The van der Waals surface area contributed by atoms with Gasteiger partial charge in [0.1, 0.15) is 0 Å². The van der Waals surface area contributed by atoms with Crippen LogP contribution < -0.4 is 5.73 Å². The lowest BCUT2D eigenvalue weighted by Gasteiger charge is -2.20. The molecule has 0 rings (SSSR count). The molecule has 0 bridgehead atoms. The Labute approximate surface area is 55.5 Å². The summed E-state index contributed by atoms with van der Waals surface area (Å²) >= 11 is 0. The third-order valence-corrected chi connectivity index (χ3v) is 1.27. The van der Waals surface area contributed by atoms with Crippen molar-refractivity contribution in [3.63, 3.8) is 0 Å². The van der Waals surface area contributed by atoms with Crippen LogP contribution in [0.25, 0.3) is 0 Å². The van der Waals surface area contributed by atoms with E-state index in [0.717, 1.165) is 0 Å². The number of aliphatic hydroxyl groups is 2. The van der Waals surface area contributed by atoms with Crippen LogP contribution in [0.1, 0.15) is 19.8 Å². The van der Waals surface area contributed by atoms with Crippen molar-refractivity contribution in [2.75, 3.05) is 13.2 Å². The number of rotatable bonds is 4. The second kappa shape index (κ2) is 3.82. The molecule has 3 nitrogen and oxygen atoms in total. The highest BCUT2D eigenvalue weighted by molar-refractivity contribution is 4.76. The lowest BCUT2D eigenvalue weighted by molar-refractivity contribution is 0.185. The molecule has 0 aromatic rings. The maximum absolute atomic E-state index is 8.61. The summed E-state index contributed by atoms with van der Waals surface area (Å²) in [4.78, 5) is 0. The van der Waals surface area contributed by atoms with Gasteiger partial charge < -0.3 is 15.9 Å². The van der Waals surface area contributed by atoms with Gasteiger partial charge in [-0.15, -0.1) is 0 Å². The van der Waals surface area contributed by atoms with Gasteiger partial charge in [0.15, 0.2) is 0 Å². The number of aliphatic hydroxyl groups excluding tert-OH is 2. The lowest BCUT2D eigenvalue weighted by atomic mass is 9.99. The summed E-state index contributed by atoms with van der Waals surface area (Å²) < 4.78 is 0. The molecular formula is C6H15NO2. The highest BCUT2D eigenvalue weighted by atomic mass is 16.3. The zero-order valence-electron chi connectivity index (χ0n) is 5.80. The summed E-state index contributed by atoms with van der Waals surface area (Å²) in [6, 6.07) is 0. The van der Waals surface area contributed by atoms with Gasteiger partial charge in [0.25, 0.3) is 0 Å². The van der Waals surface area contributed by atoms with Crippen molar-refractivity contribution in [2.24, 2.45) is 5.73 Å². The normalized spacial score (nSPS) is 17.3. The second-order valence-electron chi connectivity index (χ2n) is 2.64. The van der Waals surface area contributed by atoms with Crippen molar-refractivity contribution in [1.82, 2.24) is 0 Å². The molecule has 0 saturated heterocycles. The van der Waals surface area contributed by atoms with Gasteiger partial charge in [0.05, 0.1) is 6.61 Å². The molecule has 56 valence electrons. The molecule has 4 N–H and O–H groups in total. The molecule has 0 radical (unpaired) electrons. The molecule has 9 heavy (non-hydrogen) atoms. The fourth-order valence-corrected chi connectivity index (χ4v) is 0.562. The molecule has 0 heterocycles. The molecule has 1 atom stereocenters. The van der Waals surface area contributed by atoms with E-state index in [1.807, 2.05) is 0 Å². The van der Waals surface area contributed by atoms with E-state index < -0.39 is 5.54 Å². The summed E-state index contributed by atoms with van der Waals surface area (Å²) in [5, 5.41) is 17.0. The van der Waals surface area contributed by atoms with E-state index in [1.54, 1.807) is 6.92 Å². The van der Waals surface area contributed by atoms with Gasteiger partial charge in [-0.3, -0.25) is 0 Å². The van der Waals surface area contributed by atoms with Gasteiger partial charge in [-0.25, -0.2) is 0 Å².